The third-order valence-corrected chi connectivity index (χ3v) is 5.96. The number of amides is 2. The molecule has 3 rings (SSSR count). The number of piperidine rings is 1. The summed E-state index contributed by atoms with van der Waals surface area (Å²) in [5, 5.41) is 0. The van der Waals surface area contributed by atoms with Crippen molar-refractivity contribution in [2.45, 2.75) is 83.5 Å². The standard InChI is InChI=1S/C19H32N2O3/c1-14-5-3-6-17(13-14)24-15(2)19(23)20-11-8-16(9-12-20)21-10-4-7-18(21)22/h14-17H,3-13H2,1-2H3. The molecule has 0 spiro atoms. The highest BCUT2D eigenvalue weighted by molar-refractivity contribution is 5.81. The van der Waals surface area contributed by atoms with Crippen LogP contribution < -0.4 is 0 Å². The molecule has 2 amide bonds. The first-order valence-electron chi connectivity index (χ1n) is 9.78. The summed E-state index contributed by atoms with van der Waals surface area (Å²) < 4.78 is 6.06. The van der Waals surface area contributed by atoms with E-state index in [9.17, 15) is 9.59 Å². The van der Waals surface area contributed by atoms with Crippen molar-refractivity contribution < 1.29 is 14.3 Å². The van der Waals surface area contributed by atoms with Crippen LogP contribution in [0.15, 0.2) is 0 Å². The molecular weight excluding hydrogens is 304 g/mol. The molecule has 1 aliphatic carbocycles. The molecule has 2 aliphatic heterocycles. The van der Waals surface area contributed by atoms with Crippen molar-refractivity contribution in [1.82, 2.24) is 9.80 Å². The molecular formula is C19H32N2O3. The van der Waals surface area contributed by atoms with Crippen LogP contribution in [-0.2, 0) is 14.3 Å². The van der Waals surface area contributed by atoms with Crippen molar-refractivity contribution >= 4 is 11.8 Å². The second-order valence-electron chi connectivity index (χ2n) is 7.92. The Labute approximate surface area is 145 Å². The Kier molecular flexibility index (Phi) is 5.80. The van der Waals surface area contributed by atoms with Crippen LogP contribution in [0.3, 0.4) is 0 Å². The Morgan fingerprint density at radius 1 is 1.12 bits per heavy atom. The summed E-state index contributed by atoms with van der Waals surface area (Å²) in [4.78, 5) is 28.5. The zero-order valence-corrected chi connectivity index (χ0v) is 15.2. The molecule has 2 heterocycles. The number of hydrogen-bond donors (Lipinski definition) is 0. The van der Waals surface area contributed by atoms with Gasteiger partial charge in [-0.25, -0.2) is 0 Å². The Hall–Kier alpha value is -1.10. The number of hydrogen-bond acceptors (Lipinski definition) is 3. The minimum Gasteiger partial charge on any atom is -0.365 e. The van der Waals surface area contributed by atoms with Crippen LogP contribution in [-0.4, -0.2) is 59.5 Å². The quantitative estimate of drug-likeness (QED) is 0.793. The molecule has 0 N–H and O–H groups in total. The molecule has 0 aromatic heterocycles. The van der Waals surface area contributed by atoms with Crippen LogP contribution in [0.25, 0.3) is 0 Å². The molecule has 5 heteroatoms. The van der Waals surface area contributed by atoms with E-state index in [0.29, 0.717) is 24.3 Å². The Morgan fingerprint density at radius 3 is 2.50 bits per heavy atom. The molecule has 24 heavy (non-hydrogen) atoms. The summed E-state index contributed by atoms with van der Waals surface area (Å²) >= 11 is 0. The van der Waals surface area contributed by atoms with Gasteiger partial charge in [-0.1, -0.05) is 19.8 Å². The molecule has 3 aliphatic rings. The lowest BCUT2D eigenvalue weighted by Gasteiger charge is -2.38. The number of carbonyl (C=O) groups is 2. The van der Waals surface area contributed by atoms with Crippen LogP contribution in [0.1, 0.15) is 65.2 Å². The fraction of sp³-hybridized carbons (Fsp3) is 0.895. The molecule has 0 radical (unpaired) electrons. The van der Waals surface area contributed by atoms with E-state index in [4.69, 9.17) is 4.74 Å². The van der Waals surface area contributed by atoms with Gasteiger partial charge in [0.05, 0.1) is 6.10 Å². The number of nitrogens with zero attached hydrogens (tertiary/aromatic N) is 2. The van der Waals surface area contributed by atoms with Gasteiger partial charge >= 0.3 is 0 Å². The molecule has 136 valence electrons. The highest BCUT2D eigenvalue weighted by Crippen LogP contribution is 2.27. The third kappa shape index (κ3) is 4.11. The summed E-state index contributed by atoms with van der Waals surface area (Å²) in [5.41, 5.74) is 0. The Balaban J connectivity index is 1.45. The summed E-state index contributed by atoms with van der Waals surface area (Å²) in [5.74, 6) is 1.13. The van der Waals surface area contributed by atoms with Gasteiger partial charge in [0.2, 0.25) is 5.91 Å². The van der Waals surface area contributed by atoms with E-state index in [1.54, 1.807) is 0 Å². The second kappa shape index (κ2) is 7.85. The van der Waals surface area contributed by atoms with Crippen LogP contribution >= 0.6 is 0 Å². The van der Waals surface area contributed by atoms with Crippen LogP contribution in [0.4, 0.5) is 0 Å². The third-order valence-electron chi connectivity index (χ3n) is 5.96. The smallest absolute Gasteiger partial charge is 0.251 e. The maximum absolute atomic E-state index is 12.7. The molecule has 0 bridgehead atoms. The Morgan fingerprint density at radius 2 is 1.88 bits per heavy atom. The first-order chi connectivity index (χ1) is 11.5. The van der Waals surface area contributed by atoms with Crippen LogP contribution in [0, 0.1) is 5.92 Å². The lowest BCUT2D eigenvalue weighted by atomic mass is 9.88. The highest BCUT2D eigenvalue weighted by atomic mass is 16.5. The predicted molar refractivity (Wildman–Crippen MR) is 92.5 cm³/mol. The molecule has 2 saturated heterocycles. The first-order valence-corrected chi connectivity index (χ1v) is 9.78. The topological polar surface area (TPSA) is 49.9 Å². The minimum absolute atomic E-state index is 0.124. The van der Waals surface area contributed by atoms with E-state index in [-0.39, 0.29) is 18.1 Å². The zero-order chi connectivity index (χ0) is 17.1. The SMILES string of the molecule is CC1CCCC(OC(C)C(=O)N2CCC(N3CCCC3=O)CC2)C1. The first kappa shape index (κ1) is 17.7. The lowest BCUT2D eigenvalue weighted by molar-refractivity contribution is -0.149. The summed E-state index contributed by atoms with van der Waals surface area (Å²) in [6, 6.07) is 0.333. The average Bonchev–Trinajstić information content (AvgIpc) is 3.00. The lowest BCUT2D eigenvalue weighted by Crippen LogP contribution is -2.50. The fourth-order valence-corrected chi connectivity index (χ4v) is 4.56. The van der Waals surface area contributed by atoms with Crippen molar-refractivity contribution in [1.29, 1.82) is 0 Å². The fourth-order valence-electron chi connectivity index (χ4n) is 4.56. The number of ether oxygens (including phenoxy) is 1. The van der Waals surface area contributed by atoms with Crippen molar-refractivity contribution in [2.24, 2.45) is 5.92 Å². The predicted octanol–water partition coefficient (Wildman–Crippen LogP) is 2.58. The van der Waals surface area contributed by atoms with Gasteiger partial charge in [0, 0.05) is 32.1 Å². The van der Waals surface area contributed by atoms with Crippen molar-refractivity contribution in [3.63, 3.8) is 0 Å². The molecule has 3 unspecified atom stereocenters. The van der Waals surface area contributed by atoms with Crippen molar-refractivity contribution in [3.05, 3.63) is 0 Å². The molecule has 3 atom stereocenters. The molecule has 0 aromatic rings. The Bertz CT molecular complexity index is 460. The van der Waals surface area contributed by atoms with E-state index in [0.717, 1.165) is 51.7 Å². The second-order valence-corrected chi connectivity index (χ2v) is 7.92. The largest absolute Gasteiger partial charge is 0.365 e. The summed E-state index contributed by atoms with van der Waals surface area (Å²) in [7, 11) is 0. The highest BCUT2D eigenvalue weighted by Gasteiger charge is 2.33. The number of rotatable bonds is 4. The summed E-state index contributed by atoms with van der Waals surface area (Å²) in [6.07, 6.45) is 8.06. The minimum atomic E-state index is -0.342. The van der Waals surface area contributed by atoms with Gasteiger partial charge in [-0.2, -0.15) is 0 Å². The summed E-state index contributed by atoms with van der Waals surface area (Å²) in [6.45, 7) is 6.57. The van der Waals surface area contributed by atoms with Gasteiger partial charge in [0.25, 0.3) is 5.91 Å². The van der Waals surface area contributed by atoms with Gasteiger partial charge in [-0.05, 0) is 44.9 Å². The number of carbonyl (C=O) groups excluding carboxylic acids is 2. The monoisotopic (exact) mass is 336 g/mol. The maximum Gasteiger partial charge on any atom is 0.251 e. The molecule has 3 fully saturated rings. The molecule has 0 aromatic carbocycles. The average molecular weight is 336 g/mol. The van der Waals surface area contributed by atoms with Gasteiger partial charge in [-0.3, -0.25) is 9.59 Å². The van der Waals surface area contributed by atoms with Crippen molar-refractivity contribution in [3.8, 4) is 0 Å². The maximum atomic E-state index is 12.7. The van der Waals surface area contributed by atoms with Gasteiger partial charge in [-0.15, -0.1) is 0 Å². The number of likely N-dealkylation sites (tertiary alicyclic amines) is 2. The van der Waals surface area contributed by atoms with Gasteiger partial charge < -0.3 is 14.5 Å². The van der Waals surface area contributed by atoms with E-state index in [1.165, 1.54) is 12.8 Å². The van der Waals surface area contributed by atoms with Crippen molar-refractivity contribution in [2.75, 3.05) is 19.6 Å². The zero-order valence-electron chi connectivity index (χ0n) is 15.2. The van der Waals surface area contributed by atoms with Gasteiger partial charge in [0.15, 0.2) is 0 Å². The van der Waals surface area contributed by atoms with Crippen LogP contribution in [0.2, 0.25) is 0 Å². The molecule has 5 nitrogen and oxygen atoms in total. The van der Waals surface area contributed by atoms with Gasteiger partial charge in [0.1, 0.15) is 6.10 Å². The molecule has 1 saturated carbocycles. The van der Waals surface area contributed by atoms with E-state index in [2.05, 4.69) is 6.92 Å². The van der Waals surface area contributed by atoms with E-state index >= 15 is 0 Å². The van der Waals surface area contributed by atoms with E-state index in [1.807, 2.05) is 16.7 Å². The van der Waals surface area contributed by atoms with Crippen LogP contribution in [0.5, 0.6) is 0 Å². The normalized spacial score (nSPS) is 30.7. The van der Waals surface area contributed by atoms with E-state index < -0.39 is 0 Å².